The molecule has 0 bridgehead atoms. The molecule has 18 heavy (non-hydrogen) atoms. The van der Waals surface area contributed by atoms with Crippen LogP contribution in [0, 0.1) is 0 Å². The Hall–Kier alpha value is -1.91. The lowest BCUT2D eigenvalue weighted by atomic mass is 10.0. The lowest BCUT2D eigenvalue weighted by Crippen LogP contribution is -1.99. The standard InChI is InChI=1S/C13H10ClN3O/c14-10-3-1-9(2-4-10)13(18)11-7-16-17-6-5-15-8-12(11)17/h1-8,13,18H. The van der Waals surface area contributed by atoms with Crippen molar-refractivity contribution >= 4 is 17.1 Å². The first-order chi connectivity index (χ1) is 8.75. The van der Waals surface area contributed by atoms with Gasteiger partial charge in [-0.05, 0) is 17.7 Å². The fourth-order valence-corrected chi connectivity index (χ4v) is 2.01. The van der Waals surface area contributed by atoms with Crippen LogP contribution in [-0.2, 0) is 0 Å². The fourth-order valence-electron chi connectivity index (χ4n) is 1.89. The number of hydrogen-bond donors (Lipinski definition) is 1. The summed E-state index contributed by atoms with van der Waals surface area (Å²) in [6, 6.07) is 7.11. The van der Waals surface area contributed by atoms with Crippen molar-refractivity contribution in [3.8, 4) is 0 Å². The topological polar surface area (TPSA) is 50.4 Å². The van der Waals surface area contributed by atoms with Crippen LogP contribution in [0.25, 0.3) is 5.52 Å². The van der Waals surface area contributed by atoms with Gasteiger partial charge in [0, 0.05) is 23.0 Å². The Balaban J connectivity index is 2.06. The highest BCUT2D eigenvalue weighted by Crippen LogP contribution is 2.25. The average molecular weight is 260 g/mol. The lowest BCUT2D eigenvalue weighted by Gasteiger charge is -2.09. The van der Waals surface area contributed by atoms with E-state index in [1.807, 2.05) is 0 Å². The fraction of sp³-hybridized carbons (Fsp3) is 0.0769. The number of hydrogen-bond acceptors (Lipinski definition) is 3. The maximum atomic E-state index is 10.3. The molecule has 0 fully saturated rings. The van der Waals surface area contributed by atoms with E-state index in [1.54, 1.807) is 53.6 Å². The molecule has 0 saturated carbocycles. The van der Waals surface area contributed by atoms with Gasteiger partial charge in [0.05, 0.1) is 17.9 Å². The molecule has 1 aromatic carbocycles. The van der Waals surface area contributed by atoms with Crippen molar-refractivity contribution < 1.29 is 5.11 Å². The zero-order valence-corrected chi connectivity index (χ0v) is 10.1. The van der Waals surface area contributed by atoms with Crippen molar-refractivity contribution in [2.24, 2.45) is 0 Å². The summed E-state index contributed by atoms with van der Waals surface area (Å²) in [6.07, 6.45) is 5.99. The Morgan fingerprint density at radius 2 is 1.94 bits per heavy atom. The van der Waals surface area contributed by atoms with Gasteiger partial charge in [-0.3, -0.25) is 4.98 Å². The third kappa shape index (κ3) is 1.85. The number of aromatic nitrogens is 3. The second-order valence-corrected chi connectivity index (χ2v) is 4.40. The summed E-state index contributed by atoms with van der Waals surface area (Å²) in [5.41, 5.74) is 2.29. The molecule has 0 aliphatic rings. The second-order valence-electron chi connectivity index (χ2n) is 3.96. The number of halogens is 1. The molecular formula is C13H10ClN3O. The van der Waals surface area contributed by atoms with Crippen LogP contribution < -0.4 is 0 Å². The van der Waals surface area contributed by atoms with Gasteiger partial charge in [-0.15, -0.1) is 0 Å². The highest BCUT2D eigenvalue weighted by Gasteiger charge is 2.15. The molecule has 1 N–H and O–H groups in total. The summed E-state index contributed by atoms with van der Waals surface area (Å²) in [7, 11) is 0. The Labute approximate surface area is 108 Å². The van der Waals surface area contributed by atoms with E-state index in [0.29, 0.717) is 5.02 Å². The number of aliphatic hydroxyl groups excluding tert-OH is 1. The zero-order chi connectivity index (χ0) is 12.5. The SMILES string of the molecule is OC(c1ccc(Cl)cc1)c1cnn2ccncc12. The van der Waals surface area contributed by atoms with E-state index in [9.17, 15) is 5.11 Å². The number of aliphatic hydroxyl groups is 1. The summed E-state index contributed by atoms with van der Waals surface area (Å²) in [5.74, 6) is 0. The molecule has 1 unspecified atom stereocenters. The lowest BCUT2D eigenvalue weighted by molar-refractivity contribution is 0.222. The van der Waals surface area contributed by atoms with Gasteiger partial charge >= 0.3 is 0 Å². The van der Waals surface area contributed by atoms with Crippen molar-refractivity contribution in [3.05, 3.63) is 65.2 Å². The summed E-state index contributed by atoms with van der Waals surface area (Å²) in [6.45, 7) is 0. The molecule has 0 amide bonds. The minimum Gasteiger partial charge on any atom is -0.384 e. The molecule has 4 nitrogen and oxygen atoms in total. The normalized spacial score (nSPS) is 12.8. The predicted molar refractivity (Wildman–Crippen MR) is 68.5 cm³/mol. The highest BCUT2D eigenvalue weighted by molar-refractivity contribution is 6.30. The number of rotatable bonds is 2. The van der Waals surface area contributed by atoms with Crippen molar-refractivity contribution in [3.63, 3.8) is 0 Å². The van der Waals surface area contributed by atoms with E-state index in [-0.39, 0.29) is 0 Å². The van der Waals surface area contributed by atoms with E-state index in [4.69, 9.17) is 11.6 Å². The smallest absolute Gasteiger partial charge is 0.108 e. The van der Waals surface area contributed by atoms with Gasteiger partial charge in [0.2, 0.25) is 0 Å². The van der Waals surface area contributed by atoms with Crippen LogP contribution >= 0.6 is 11.6 Å². The predicted octanol–water partition coefficient (Wildman–Crippen LogP) is 2.46. The minimum atomic E-state index is -0.732. The van der Waals surface area contributed by atoms with Crippen LogP contribution in [0.4, 0.5) is 0 Å². The molecule has 2 aromatic heterocycles. The van der Waals surface area contributed by atoms with Crippen molar-refractivity contribution in [2.45, 2.75) is 6.10 Å². The van der Waals surface area contributed by atoms with Crippen LogP contribution in [-0.4, -0.2) is 19.7 Å². The third-order valence-electron chi connectivity index (χ3n) is 2.83. The van der Waals surface area contributed by atoms with Crippen LogP contribution in [0.2, 0.25) is 5.02 Å². The molecular weight excluding hydrogens is 250 g/mol. The van der Waals surface area contributed by atoms with Gasteiger partial charge in [0.1, 0.15) is 6.10 Å². The highest BCUT2D eigenvalue weighted by atomic mass is 35.5. The molecule has 0 saturated heterocycles. The van der Waals surface area contributed by atoms with E-state index in [0.717, 1.165) is 16.6 Å². The number of fused-ring (bicyclic) bond motifs is 1. The molecule has 0 aliphatic carbocycles. The van der Waals surface area contributed by atoms with Crippen LogP contribution in [0.15, 0.2) is 49.1 Å². The van der Waals surface area contributed by atoms with Gasteiger partial charge < -0.3 is 5.11 Å². The molecule has 5 heteroatoms. The molecule has 0 radical (unpaired) electrons. The maximum Gasteiger partial charge on any atom is 0.108 e. The minimum absolute atomic E-state index is 0.646. The number of nitrogens with zero attached hydrogens (tertiary/aromatic N) is 3. The first kappa shape index (κ1) is 11.2. The number of benzene rings is 1. The molecule has 2 heterocycles. The van der Waals surface area contributed by atoms with Gasteiger partial charge in [0.15, 0.2) is 0 Å². The van der Waals surface area contributed by atoms with Crippen LogP contribution in [0.1, 0.15) is 17.2 Å². The van der Waals surface area contributed by atoms with Crippen LogP contribution in [0.5, 0.6) is 0 Å². The Morgan fingerprint density at radius 1 is 1.17 bits per heavy atom. The molecule has 90 valence electrons. The summed E-state index contributed by atoms with van der Waals surface area (Å²) in [5, 5.41) is 15.2. The van der Waals surface area contributed by atoms with Gasteiger partial charge in [0.25, 0.3) is 0 Å². The Kier molecular flexibility index (Phi) is 2.74. The Bertz CT molecular complexity index is 678. The molecule has 0 spiro atoms. The maximum absolute atomic E-state index is 10.3. The largest absolute Gasteiger partial charge is 0.384 e. The zero-order valence-electron chi connectivity index (χ0n) is 9.36. The monoisotopic (exact) mass is 259 g/mol. The first-order valence-electron chi connectivity index (χ1n) is 5.46. The molecule has 1 atom stereocenters. The second kappa shape index (κ2) is 4.40. The van der Waals surface area contributed by atoms with Gasteiger partial charge in [-0.25, -0.2) is 4.52 Å². The third-order valence-corrected chi connectivity index (χ3v) is 3.09. The average Bonchev–Trinajstić information content (AvgIpc) is 2.82. The van der Waals surface area contributed by atoms with Crippen molar-refractivity contribution in [2.75, 3.05) is 0 Å². The summed E-state index contributed by atoms with van der Waals surface area (Å²) < 4.78 is 1.68. The molecule has 0 aliphatic heterocycles. The first-order valence-corrected chi connectivity index (χ1v) is 5.84. The molecule has 3 aromatic rings. The van der Waals surface area contributed by atoms with Gasteiger partial charge in [-0.1, -0.05) is 23.7 Å². The van der Waals surface area contributed by atoms with Crippen molar-refractivity contribution in [1.29, 1.82) is 0 Å². The van der Waals surface area contributed by atoms with Crippen LogP contribution in [0.3, 0.4) is 0 Å². The Morgan fingerprint density at radius 3 is 2.72 bits per heavy atom. The van der Waals surface area contributed by atoms with E-state index >= 15 is 0 Å². The van der Waals surface area contributed by atoms with E-state index in [1.165, 1.54) is 0 Å². The molecule has 3 rings (SSSR count). The quantitative estimate of drug-likeness (QED) is 0.769. The van der Waals surface area contributed by atoms with E-state index in [2.05, 4.69) is 10.1 Å². The summed E-state index contributed by atoms with van der Waals surface area (Å²) >= 11 is 5.83. The van der Waals surface area contributed by atoms with Crippen molar-refractivity contribution in [1.82, 2.24) is 14.6 Å². The van der Waals surface area contributed by atoms with Gasteiger partial charge in [-0.2, -0.15) is 5.10 Å². The van der Waals surface area contributed by atoms with E-state index < -0.39 is 6.10 Å². The summed E-state index contributed by atoms with van der Waals surface area (Å²) in [4.78, 5) is 4.04.